The number of pyridine rings is 1. The molecule has 2 aromatic heterocycles. The maximum Gasteiger partial charge on any atom is 0.280 e. The van der Waals surface area contributed by atoms with E-state index < -0.39 is 0 Å². The van der Waals surface area contributed by atoms with Crippen LogP contribution in [-0.2, 0) is 13.0 Å². The summed E-state index contributed by atoms with van der Waals surface area (Å²) in [6.07, 6.45) is 6.11. The van der Waals surface area contributed by atoms with Gasteiger partial charge in [-0.1, -0.05) is 13.0 Å². The Balaban J connectivity index is 1.72. The zero-order chi connectivity index (χ0) is 19.9. The van der Waals surface area contributed by atoms with Crippen molar-refractivity contribution in [3.05, 3.63) is 65.7 Å². The van der Waals surface area contributed by atoms with E-state index in [9.17, 15) is 4.79 Å². The van der Waals surface area contributed by atoms with Gasteiger partial charge in [-0.15, -0.1) is 0 Å². The Morgan fingerprint density at radius 1 is 1.21 bits per heavy atom. The van der Waals surface area contributed by atoms with Crippen LogP contribution in [0, 0.1) is 0 Å². The van der Waals surface area contributed by atoms with Gasteiger partial charge in [0.1, 0.15) is 17.2 Å². The molecule has 1 aromatic carbocycles. The average molecular weight is 398 g/mol. The molecule has 3 aromatic rings. The van der Waals surface area contributed by atoms with Crippen molar-refractivity contribution in [2.24, 2.45) is 0 Å². The lowest BCUT2D eigenvalue weighted by atomic mass is 10.2. The molecule has 0 saturated heterocycles. The molecule has 0 saturated carbocycles. The molecule has 0 unspecified atom stereocenters. The smallest absolute Gasteiger partial charge is 0.280 e. The Morgan fingerprint density at radius 2 is 2.04 bits per heavy atom. The van der Waals surface area contributed by atoms with E-state index in [1.54, 1.807) is 37.4 Å². The summed E-state index contributed by atoms with van der Waals surface area (Å²) in [5.41, 5.74) is 2.28. The molecule has 0 radical (unpaired) electrons. The molecule has 146 valence electrons. The van der Waals surface area contributed by atoms with Crippen molar-refractivity contribution in [1.82, 2.24) is 19.5 Å². The number of hydrogen-bond donors (Lipinski definition) is 1. The summed E-state index contributed by atoms with van der Waals surface area (Å²) >= 11 is 1.21. The van der Waals surface area contributed by atoms with E-state index in [2.05, 4.69) is 21.7 Å². The van der Waals surface area contributed by atoms with Crippen LogP contribution in [0.5, 0.6) is 11.5 Å². The van der Waals surface area contributed by atoms with E-state index in [-0.39, 0.29) is 11.6 Å². The fourth-order valence-corrected chi connectivity index (χ4v) is 3.41. The van der Waals surface area contributed by atoms with Crippen LogP contribution in [0.1, 0.15) is 28.5 Å². The van der Waals surface area contributed by atoms with Crippen molar-refractivity contribution in [3.63, 3.8) is 0 Å². The molecule has 0 aliphatic carbocycles. The number of ether oxygens (including phenoxy) is 2. The van der Waals surface area contributed by atoms with E-state index >= 15 is 0 Å². The van der Waals surface area contributed by atoms with Gasteiger partial charge in [0.2, 0.25) is 0 Å². The lowest BCUT2D eigenvalue weighted by Crippen LogP contribution is -2.18. The molecule has 0 aliphatic heterocycles. The molecular weight excluding hydrogens is 376 g/mol. The molecule has 2 heterocycles. The Bertz CT molecular complexity index is 945. The van der Waals surface area contributed by atoms with E-state index in [0.717, 1.165) is 16.9 Å². The standard InChI is InChI=1S/C20H22N4O3S/c1-4-14-6-7-17(26-2)19(10-14)28-23-20(25)16-11-18(27-3)15(12-21-16)13-24-9-5-8-22-24/h5-12H,4,13H2,1-3H3,(H,23,25). The highest BCUT2D eigenvalue weighted by atomic mass is 32.2. The number of hydrogen-bond acceptors (Lipinski definition) is 6. The van der Waals surface area contributed by atoms with Crippen LogP contribution in [0.2, 0.25) is 0 Å². The molecule has 8 heteroatoms. The summed E-state index contributed by atoms with van der Waals surface area (Å²) in [5.74, 6) is 0.992. The van der Waals surface area contributed by atoms with E-state index in [1.807, 2.05) is 30.5 Å². The minimum atomic E-state index is -0.308. The summed E-state index contributed by atoms with van der Waals surface area (Å²) in [4.78, 5) is 17.7. The number of aromatic nitrogens is 3. The number of benzene rings is 1. The molecule has 1 N–H and O–H groups in total. The van der Waals surface area contributed by atoms with E-state index in [4.69, 9.17) is 9.47 Å². The lowest BCUT2D eigenvalue weighted by molar-refractivity contribution is 0.0979. The number of amides is 1. The summed E-state index contributed by atoms with van der Waals surface area (Å²) < 4.78 is 15.4. The molecule has 0 aliphatic rings. The summed E-state index contributed by atoms with van der Waals surface area (Å²) in [5, 5.41) is 4.18. The van der Waals surface area contributed by atoms with Crippen molar-refractivity contribution >= 4 is 17.9 Å². The highest BCUT2D eigenvalue weighted by Gasteiger charge is 2.14. The molecular formula is C20H22N4O3S. The quantitative estimate of drug-likeness (QED) is 0.587. The fraction of sp³-hybridized carbons (Fsp3) is 0.250. The summed E-state index contributed by atoms with van der Waals surface area (Å²) in [6.45, 7) is 2.59. The van der Waals surface area contributed by atoms with Crippen molar-refractivity contribution in [1.29, 1.82) is 0 Å². The van der Waals surface area contributed by atoms with Crippen LogP contribution in [0.15, 0.2) is 53.8 Å². The minimum Gasteiger partial charge on any atom is -0.496 e. The number of carbonyl (C=O) groups is 1. The van der Waals surface area contributed by atoms with Gasteiger partial charge in [0.25, 0.3) is 5.91 Å². The van der Waals surface area contributed by atoms with Crippen LogP contribution in [0.4, 0.5) is 0 Å². The zero-order valence-electron chi connectivity index (χ0n) is 16.0. The van der Waals surface area contributed by atoms with E-state index in [0.29, 0.717) is 18.0 Å². The third-order valence-corrected chi connectivity index (χ3v) is 5.00. The SMILES string of the molecule is CCc1ccc(OC)c(SNC(=O)c2cc(OC)c(Cn3cccn3)cn2)c1. The van der Waals surface area contributed by atoms with Gasteiger partial charge in [-0.25, -0.2) is 0 Å². The van der Waals surface area contributed by atoms with Gasteiger partial charge in [0, 0.05) is 30.2 Å². The molecule has 0 fully saturated rings. The van der Waals surface area contributed by atoms with Crippen LogP contribution in [-0.4, -0.2) is 34.9 Å². The first-order valence-electron chi connectivity index (χ1n) is 8.79. The van der Waals surface area contributed by atoms with Crippen molar-refractivity contribution in [2.75, 3.05) is 14.2 Å². The Kier molecular flexibility index (Phi) is 6.54. The van der Waals surface area contributed by atoms with Gasteiger partial charge in [0.15, 0.2) is 0 Å². The number of methoxy groups -OCH3 is 2. The number of aryl methyl sites for hydroxylation is 1. The molecule has 7 nitrogen and oxygen atoms in total. The predicted molar refractivity (Wildman–Crippen MR) is 108 cm³/mol. The Hall–Kier alpha value is -3.00. The largest absolute Gasteiger partial charge is 0.496 e. The van der Waals surface area contributed by atoms with Crippen LogP contribution in [0.3, 0.4) is 0 Å². The minimum absolute atomic E-state index is 0.277. The van der Waals surface area contributed by atoms with Gasteiger partial charge in [0.05, 0.1) is 25.7 Å². The average Bonchev–Trinajstić information content (AvgIpc) is 3.25. The Labute approximate surface area is 168 Å². The third kappa shape index (κ3) is 4.64. The first kappa shape index (κ1) is 19.8. The van der Waals surface area contributed by atoms with Gasteiger partial charge < -0.3 is 9.47 Å². The fourth-order valence-electron chi connectivity index (χ4n) is 2.64. The van der Waals surface area contributed by atoms with Crippen LogP contribution >= 0.6 is 11.9 Å². The zero-order valence-corrected chi connectivity index (χ0v) is 16.8. The monoisotopic (exact) mass is 398 g/mol. The molecule has 3 rings (SSSR count). The van der Waals surface area contributed by atoms with Crippen LogP contribution < -0.4 is 14.2 Å². The summed E-state index contributed by atoms with van der Waals surface area (Å²) in [6, 6.07) is 9.40. The number of carbonyl (C=O) groups excluding carboxylic acids is 1. The van der Waals surface area contributed by atoms with Crippen LogP contribution in [0.25, 0.3) is 0 Å². The summed E-state index contributed by atoms with van der Waals surface area (Å²) in [7, 11) is 3.18. The van der Waals surface area contributed by atoms with Crippen molar-refractivity contribution in [2.45, 2.75) is 24.8 Å². The molecule has 0 atom stereocenters. The molecule has 0 spiro atoms. The number of rotatable bonds is 8. The third-order valence-electron chi connectivity index (χ3n) is 4.18. The molecule has 0 bridgehead atoms. The highest BCUT2D eigenvalue weighted by molar-refractivity contribution is 7.98. The normalized spacial score (nSPS) is 10.5. The molecule has 28 heavy (non-hydrogen) atoms. The maximum atomic E-state index is 12.6. The topological polar surface area (TPSA) is 78.3 Å². The number of nitrogens with zero attached hydrogens (tertiary/aromatic N) is 3. The second-order valence-corrected chi connectivity index (χ2v) is 6.81. The molecule has 1 amide bonds. The van der Waals surface area contributed by atoms with Crippen molar-refractivity contribution < 1.29 is 14.3 Å². The van der Waals surface area contributed by atoms with Crippen molar-refractivity contribution in [3.8, 4) is 11.5 Å². The maximum absolute atomic E-state index is 12.6. The van der Waals surface area contributed by atoms with Gasteiger partial charge in [-0.05, 0) is 42.1 Å². The second kappa shape index (κ2) is 9.27. The van der Waals surface area contributed by atoms with E-state index in [1.165, 1.54) is 17.5 Å². The predicted octanol–water partition coefficient (Wildman–Crippen LogP) is 3.34. The Morgan fingerprint density at radius 3 is 2.71 bits per heavy atom. The van der Waals surface area contributed by atoms with Gasteiger partial charge in [-0.2, -0.15) is 5.10 Å². The highest BCUT2D eigenvalue weighted by Crippen LogP contribution is 2.29. The number of nitrogens with one attached hydrogen (secondary N) is 1. The first-order chi connectivity index (χ1) is 13.6. The second-order valence-electron chi connectivity index (χ2n) is 5.96. The lowest BCUT2D eigenvalue weighted by Gasteiger charge is -2.12. The first-order valence-corrected chi connectivity index (χ1v) is 9.60. The van der Waals surface area contributed by atoms with Gasteiger partial charge in [-0.3, -0.25) is 19.2 Å². The van der Waals surface area contributed by atoms with Gasteiger partial charge >= 0.3 is 0 Å².